The Morgan fingerprint density at radius 2 is 1.56 bits per heavy atom. The maximum Gasteiger partial charge on any atom is 0.504 e. The molecule has 18 heavy (non-hydrogen) atoms. The molecule has 0 atom stereocenters. The van der Waals surface area contributed by atoms with Crippen LogP contribution in [-0.4, -0.2) is 36.1 Å². The van der Waals surface area contributed by atoms with Crippen LogP contribution in [-0.2, 0) is 24.1 Å². The molecular weight excluding hydrogens is 252 g/mol. The van der Waals surface area contributed by atoms with E-state index in [0.717, 1.165) is 5.56 Å². The molecule has 5 nitrogen and oxygen atoms in total. The van der Waals surface area contributed by atoms with Gasteiger partial charge in [-0.1, -0.05) is 12.1 Å². The highest BCUT2D eigenvalue weighted by molar-refractivity contribution is 6.60. The van der Waals surface area contributed by atoms with Crippen LogP contribution in [0.3, 0.4) is 0 Å². The van der Waals surface area contributed by atoms with E-state index in [1.54, 1.807) is 33.5 Å². The lowest BCUT2D eigenvalue weighted by Gasteiger charge is -2.24. The van der Waals surface area contributed by atoms with Gasteiger partial charge in [0, 0.05) is 34.3 Å². The van der Waals surface area contributed by atoms with E-state index < -0.39 is 8.80 Å². The highest BCUT2D eigenvalue weighted by atomic mass is 28.4. The minimum absolute atomic E-state index is 0.336. The van der Waals surface area contributed by atoms with Gasteiger partial charge in [-0.05, 0) is 17.7 Å². The summed E-state index contributed by atoms with van der Waals surface area (Å²) in [5.74, 6) is 0.183. The zero-order valence-electron chi connectivity index (χ0n) is 11.1. The van der Waals surface area contributed by atoms with Crippen LogP contribution in [0.5, 0.6) is 5.75 Å². The van der Waals surface area contributed by atoms with Crippen LogP contribution < -0.4 is 4.74 Å². The molecule has 0 aliphatic heterocycles. The van der Waals surface area contributed by atoms with E-state index in [-0.39, 0.29) is 5.97 Å². The van der Waals surface area contributed by atoms with Crippen molar-refractivity contribution in [2.24, 2.45) is 0 Å². The van der Waals surface area contributed by atoms with E-state index in [1.165, 1.54) is 6.92 Å². The molecule has 0 aliphatic carbocycles. The third-order valence-corrected chi connectivity index (χ3v) is 5.25. The predicted molar refractivity (Wildman–Crippen MR) is 68.2 cm³/mol. The number of hydrogen-bond donors (Lipinski definition) is 0. The van der Waals surface area contributed by atoms with E-state index in [1.807, 2.05) is 12.1 Å². The van der Waals surface area contributed by atoms with Gasteiger partial charge < -0.3 is 18.0 Å². The lowest BCUT2D eigenvalue weighted by molar-refractivity contribution is -0.131. The summed E-state index contributed by atoms with van der Waals surface area (Å²) in [6, 6.07) is 7.75. The summed E-state index contributed by atoms with van der Waals surface area (Å²) in [6.07, 6.45) is 0. The second kappa shape index (κ2) is 6.65. The Bertz CT molecular complexity index is 378. The zero-order valence-corrected chi connectivity index (χ0v) is 12.1. The van der Waals surface area contributed by atoms with Gasteiger partial charge in [0.2, 0.25) is 0 Å². The fourth-order valence-electron chi connectivity index (χ4n) is 1.56. The first-order valence-electron chi connectivity index (χ1n) is 5.48. The summed E-state index contributed by atoms with van der Waals surface area (Å²) >= 11 is 0. The second-order valence-electron chi connectivity index (χ2n) is 3.71. The highest BCUT2D eigenvalue weighted by Gasteiger charge is 2.37. The van der Waals surface area contributed by atoms with E-state index in [4.69, 9.17) is 18.0 Å². The Hall–Kier alpha value is -1.21. The Morgan fingerprint density at radius 3 is 1.94 bits per heavy atom. The lowest BCUT2D eigenvalue weighted by Crippen LogP contribution is -2.45. The van der Waals surface area contributed by atoms with Gasteiger partial charge in [0.1, 0.15) is 5.75 Å². The summed E-state index contributed by atoms with van der Waals surface area (Å²) in [6.45, 7) is 1.37. The van der Waals surface area contributed by atoms with Crippen molar-refractivity contribution in [2.45, 2.75) is 13.0 Å². The SMILES string of the molecule is CO[Si](Cc1ccc(OC(C)=O)cc1)(OC)OC. The Labute approximate surface area is 108 Å². The quantitative estimate of drug-likeness (QED) is 0.446. The molecule has 100 valence electrons. The number of rotatable bonds is 6. The van der Waals surface area contributed by atoms with Gasteiger partial charge in [0.05, 0.1) is 0 Å². The molecule has 0 radical (unpaired) electrons. The van der Waals surface area contributed by atoms with Gasteiger partial charge in [-0.3, -0.25) is 4.79 Å². The molecule has 6 heteroatoms. The van der Waals surface area contributed by atoms with Crippen molar-refractivity contribution in [2.75, 3.05) is 21.3 Å². The molecule has 0 saturated heterocycles. The number of ether oxygens (including phenoxy) is 1. The second-order valence-corrected chi connectivity index (χ2v) is 6.65. The molecule has 0 heterocycles. The van der Waals surface area contributed by atoms with Crippen molar-refractivity contribution >= 4 is 14.8 Å². The molecule has 0 aromatic heterocycles. The summed E-state index contributed by atoms with van der Waals surface area (Å²) in [5.41, 5.74) is 1.00. The topological polar surface area (TPSA) is 54.0 Å². The van der Waals surface area contributed by atoms with Gasteiger partial charge in [-0.2, -0.15) is 0 Å². The molecule has 0 amide bonds. The molecule has 0 N–H and O–H groups in total. The van der Waals surface area contributed by atoms with Crippen LogP contribution in [0, 0.1) is 0 Å². The van der Waals surface area contributed by atoms with E-state index in [0.29, 0.717) is 11.8 Å². The van der Waals surface area contributed by atoms with E-state index in [2.05, 4.69) is 0 Å². The van der Waals surface area contributed by atoms with Gasteiger partial charge >= 0.3 is 14.8 Å². The number of carbonyl (C=O) groups excluding carboxylic acids is 1. The lowest BCUT2D eigenvalue weighted by atomic mass is 10.2. The molecule has 1 aromatic rings. The maximum absolute atomic E-state index is 10.8. The molecule has 0 bridgehead atoms. The largest absolute Gasteiger partial charge is 0.504 e. The van der Waals surface area contributed by atoms with Crippen molar-refractivity contribution in [3.8, 4) is 5.75 Å². The predicted octanol–water partition coefficient (Wildman–Crippen LogP) is 1.57. The molecule has 0 aliphatic rings. The zero-order chi connectivity index (χ0) is 13.6. The molecule has 1 aromatic carbocycles. The first-order chi connectivity index (χ1) is 8.55. The van der Waals surface area contributed by atoms with E-state index >= 15 is 0 Å². The van der Waals surface area contributed by atoms with Gasteiger partial charge in [0.25, 0.3) is 0 Å². The summed E-state index contributed by atoms with van der Waals surface area (Å²) < 4.78 is 21.0. The Balaban J connectivity index is 2.76. The van der Waals surface area contributed by atoms with Gasteiger partial charge in [-0.25, -0.2) is 0 Å². The minimum atomic E-state index is -2.62. The number of benzene rings is 1. The van der Waals surface area contributed by atoms with Crippen LogP contribution in [0.4, 0.5) is 0 Å². The highest BCUT2D eigenvalue weighted by Crippen LogP contribution is 2.18. The molecule has 1 rings (SSSR count). The van der Waals surface area contributed by atoms with Crippen molar-refractivity contribution in [1.82, 2.24) is 0 Å². The van der Waals surface area contributed by atoms with Crippen LogP contribution in [0.25, 0.3) is 0 Å². The summed E-state index contributed by atoms with van der Waals surface area (Å²) in [4.78, 5) is 10.8. The van der Waals surface area contributed by atoms with Crippen molar-refractivity contribution < 1.29 is 22.8 Å². The average Bonchev–Trinajstić information content (AvgIpc) is 2.38. The van der Waals surface area contributed by atoms with E-state index in [9.17, 15) is 4.79 Å². The van der Waals surface area contributed by atoms with Gasteiger partial charge in [-0.15, -0.1) is 0 Å². The maximum atomic E-state index is 10.8. The first kappa shape index (κ1) is 14.8. The number of carbonyl (C=O) groups is 1. The van der Waals surface area contributed by atoms with Crippen molar-refractivity contribution in [3.05, 3.63) is 29.8 Å². The minimum Gasteiger partial charge on any atom is -0.427 e. The summed E-state index contributed by atoms with van der Waals surface area (Å²) in [7, 11) is 2.11. The fraction of sp³-hybridized carbons (Fsp3) is 0.417. The normalized spacial score (nSPS) is 11.3. The fourth-order valence-corrected chi connectivity index (χ4v) is 3.23. The molecular formula is C12H18O5Si. The standard InChI is InChI=1S/C12H18O5Si/c1-10(13)17-12-7-5-11(6-8-12)9-18(14-2,15-3)16-4/h5-8H,9H2,1-4H3. The average molecular weight is 270 g/mol. The molecule has 0 fully saturated rings. The first-order valence-corrected chi connectivity index (χ1v) is 7.41. The number of esters is 1. The Morgan fingerprint density at radius 1 is 1.06 bits per heavy atom. The van der Waals surface area contributed by atoms with Crippen molar-refractivity contribution in [3.63, 3.8) is 0 Å². The van der Waals surface area contributed by atoms with Crippen LogP contribution in [0.1, 0.15) is 12.5 Å². The smallest absolute Gasteiger partial charge is 0.427 e. The van der Waals surface area contributed by atoms with Crippen LogP contribution in [0.2, 0.25) is 0 Å². The monoisotopic (exact) mass is 270 g/mol. The van der Waals surface area contributed by atoms with Crippen LogP contribution >= 0.6 is 0 Å². The van der Waals surface area contributed by atoms with Crippen molar-refractivity contribution in [1.29, 1.82) is 0 Å². The van der Waals surface area contributed by atoms with Crippen LogP contribution in [0.15, 0.2) is 24.3 Å². The third-order valence-electron chi connectivity index (χ3n) is 2.54. The molecule has 0 unspecified atom stereocenters. The Kier molecular flexibility index (Phi) is 5.48. The molecule has 0 saturated carbocycles. The summed E-state index contributed by atoms with van der Waals surface area (Å²) in [5, 5.41) is 0. The van der Waals surface area contributed by atoms with Gasteiger partial charge in [0.15, 0.2) is 0 Å². The number of hydrogen-bond acceptors (Lipinski definition) is 5. The molecule has 0 spiro atoms. The third kappa shape index (κ3) is 3.92.